The molecule has 0 aliphatic rings. The molecule has 0 aliphatic heterocycles. The van der Waals surface area contributed by atoms with Crippen molar-refractivity contribution >= 4 is 131 Å². The predicted octanol–water partition coefficient (Wildman–Crippen LogP) is 25.0. The van der Waals surface area contributed by atoms with Crippen LogP contribution in [0.25, 0.3) is 198 Å². The minimum absolute atomic E-state index is 0.377. The van der Waals surface area contributed by atoms with Crippen molar-refractivity contribution in [3.05, 3.63) is 363 Å². The second-order valence-corrected chi connectivity index (χ2v) is 27.8. The van der Waals surface area contributed by atoms with E-state index in [0.717, 1.165) is 171 Å². The van der Waals surface area contributed by atoms with E-state index in [1.807, 2.05) is 12.1 Å². The summed E-state index contributed by atoms with van der Waals surface area (Å²) in [5.74, 6) is 0. The number of aromatic nitrogens is 6. The van der Waals surface area contributed by atoms with Gasteiger partial charge >= 0.3 is 0 Å². The average molecular weight is 1350 g/mol. The van der Waals surface area contributed by atoms with Gasteiger partial charge < -0.3 is 27.4 Å². The summed E-state index contributed by atoms with van der Waals surface area (Å²) >= 11 is 0. The molecule has 0 radical (unpaired) electrons. The second-order valence-electron chi connectivity index (χ2n) is 27.8. The summed E-state index contributed by atoms with van der Waals surface area (Å²) in [7, 11) is 0. The van der Waals surface area contributed by atoms with Gasteiger partial charge in [-0.15, -0.1) is 0 Å². The van der Waals surface area contributed by atoms with Crippen LogP contribution in [0.1, 0.15) is 11.1 Å². The number of nitriles is 2. The minimum Gasteiger partial charge on any atom is -0.309 e. The molecule has 0 saturated carbocycles. The molecule has 0 aliphatic carbocycles. The maximum atomic E-state index is 11.3. The van der Waals surface area contributed by atoms with Crippen LogP contribution >= 0.6 is 0 Å². The first kappa shape index (κ1) is 59.0. The lowest BCUT2D eigenvalue weighted by Gasteiger charge is -2.28. The molecule has 0 fully saturated rings. The molecule has 8 heteroatoms. The van der Waals surface area contributed by atoms with E-state index in [4.69, 9.17) is 0 Å². The molecule has 0 saturated heterocycles. The Labute approximate surface area is 607 Å². The van der Waals surface area contributed by atoms with Crippen LogP contribution in [-0.4, -0.2) is 27.4 Å². The van der Waals surface area contributed by atoms with Gasteiger partial charge in [0.2, 0.25) is 0 Å². The predicted molar refractivity (Wildman–Crippen MR) is 438 cm³/mol. The Morgan fingerprint density at radius 1 is 0.179 bits per heavy atom. The van der Waals surface area contributed by atoms with Crippen LogP contribution in [0.2, 0.25) is 0 Å². The summed E-state index contributed by atoms with van der Waals surface area (Å²) in [6, 6.07) is 132. The average Bonchev–Trinajstić information content (AvgIpc) is 1.48. The molecule has 0 N–H and O–H groups in total. The van der Waals surface area contributed by atoms with Crippen molar-refractivity contribution in [2.75, 3.05) is 0 Å². The normalized spacial score (nSPS) is 11.9. The van der Waals surface area contributed by atoms with Gasteiger partial charge in [-0.3, -0.25) is 0 Å². The highest BCUT2D eigenvalue weighted by Crippen LogP contribution is 2.52. The van der Waals surface area contributed by atoms with Gasteiger partial charge in [-0.1, -0.05) is 206 Å². The fourth-order valence-electron chi connectivity index (χ4n) is 17.8. The molecule has 22 aromatic rings. The van der Waals surface area contributed by atoms with Crippen LogP contribution in [0, 0.1) is 22.7 Å². The van der Waals surface area contributed by atoms with Gasteiger partial charge in [-0.05, 0) is 173 Å². The largest absolute Gasteiger partial charge is 0.309 e. The lowest BCUT2D eigenvalue weighted by atomic mass is 9.94. The van der Waals surface area contributed by atoms with E-state index in [9.17, 15) is 10.5 Å². The van der Waals surface area contributed by atoms with Gasteiger partial charge in [0.15, 0.2) is 0 Å². The highest BCUT2D eigenvalue weighted by molar-refractivity contribution is 6.19. The summed E-state index contributed by atoms with van der Waals surface area (Å²) in [6.07, 6.45) is 0. The number of rotatable bonds is 9. The first-order valence-electron chi connectivity index (χ1n) is 35.9. The van der Waals surface area contributed by atoms with E-state index in [2.05, 4.69) is 373 Å². The Balaban J connectivity index is 0.890. The van der Waals surface area contributed by atoms with Crippen molar-refractivity contribution in [2.24, 2.45) is 0 Å². The van der Waals surface area contributed by atoms with Crippen molar-refractivity contribution in [2.45, 2.75) is 0 Å². The van der Waals surface area contributed by atoms with Crippen molar-refractivity contribution in [1.82, 2.24) is 27.4 Å². The van der Waals surface area contributed by atoms with Crippen molar-refractivity contribution in [3.63, 3.8) is 0 Å². The maximum absolute atomic E-state index is 11.3. The fourth-order valence-corrected chi connectivity index (χ4v) is 17.8. The van der Waals surface area contributed by atoms with Gasteiger partial charge in [0.25, 0.3) is 0 Å². The summed E-state index contributed by atoms with van der Waals surface area (Å²) in [5, 5.41) is 36.1. The van der Waals surface area contributed by atoms with Gasteiger partial charge in [0, 0.05) is 81.6 Å². The molecule has 490 valence electrons. The molecule has 16 aromatic carbocycles. The van der Waals surface area contributed by atoms with Crippen LogP contribution < -0.4 is 0 Å². The zero-order valence-electron chi connectivity index (χ0n) is 57.1. The first-order chi connectivity index (χ1) is 52.5. The van der Waals surface area contributed by atoms with E-state index < -0.39 is 0 Å². The van der Waals surface area contributed by atoms with Crippen LogP contribution in [0.15, 0.2) is 352 Å². The molecule has 0 atom stereocenters. The van der Waals surface area contributed by atoms with Gasteiger partial charge in [0.1, 0.15) is 0 Å². The van der Waals surface area contributed by atoms with E-state index in [0.29, 0.717) is 16.7 Å². The van der Waals surface area contributed by atoms with Crippen LogP contribution in [0.4, 0.5) is 0 Å². The number of nitrogens with zero attached hydrogens (tertiary/aromatic N) is 8. The lowest BCUT2D eigenvalue weighted by molar-refractivity contribution is 1.05. The standard InChI is InChI=1S/C98H58N8/c99-59-61-51-62(60-100)53-67(52-61)96-97(105-86-39-19-7-27-70(86)71-28-8-20-40-87(71)105)94(103-84-37-17-13-33-76(84)80-56-65(45-49-92(80)103)63-43-47-90-78(54-63)74-31-11-15-35-82(74)101(90)68-23-3-1-4-24-68)58-95(98(96)106-88-41-21-9-29-72(88)73-30-10-22-42-89(73)106)104-85-38-18-14-34-77(85)81-57-66(46-50-93(81)104)64-44-48-91-79(55-64)75-32-12-16-36-83(75)102(91)69-25-5-2-6-26-69/h1-58H. The smallest absolute Gasteiger partial charge is 0.0992 e. The first-order valence-corrected chi connectivity index (χ1v) is 35.9. The Hall–Kier alpha value is -14.7. The van der Waals surface area contributed by atoms with Crippen LogP contribution in [-0.2, 0) is 0 Å². The number of para-hydroxylation sites is 10. The molecule has 106 heavy (non-hydrogen) atoms. The lowest BCUT2D eigenvalue weighted by Crippen LogP contribution is -2.13. The maximum Gasteiger partial charge on any atom is 0.0992 e. The van der Waals surface area contributed by atoms with Gasteiger partial charge in [0.05, 0.1) is 112 Å². The Morgan fingerprint density at radius 2 is 0.415 bits per heavy atom. The molecule has 8 nitrogen and oxygen atoms in total. The minimum atomic E-state index is 0.377. The van der Waals surface area contributed by atoms with E-state index >= 15 is 0 Å². The quantitative estimate of drug-likeness (QED) is 0.144. The number of benzene rings is 16. The molecular weight excluding hydrogens is 1290 g/mol. The highest BCUT2D eigenvalue weighted by Gasteiger charge is 2.32. The topological polar surface area (TPSA) is 77.2 Å². The van der Waals surface area contributed by atoms with Crippen molar-refractivity contribution < 1.29 is 0 Å². The summed E-state index contributed by atoms with van der Waals surface area (Å²) in [6.45, 7) is 0. The zero-order chi connectivity index (χ0) is 69.8. The molecule has 0 bridgehead atoms. The monoisotopic (exact) mass is 1350 g/mol. The molecule has 6 aromatic heterocycles. The summed E-state index contributed by atoms with van der Waals surface area (Å²) < 4.78 is 14.6. The van der Waals surface area contributed by atoms with E-state index in [1.165, 1.54) is 21.5 Å². The van der Waals surface area contributed by atoms with Crippen molar-refractivity contribution in [1.29, 1.82) is 10.5 Å². The van der Waals surface area contributed by atoms with E-state index in [1.54, 1.807) is 6.07 Å². The molecule has 0 amide bonds. The van der Waals surface area contributed by atoms with E-state index in [-0.39, 0.29) is 0 Å². The SMILES string of the molecule is N#Cc1cc(C#N)cc(-c2c(-n3c4ccccc4c4ccccc43)c(-n3c4ccccc4c4cc(-c5ccc6c(c5)c5ccccc5n6-c5ccccc5)ccc43)cc(-n3c4ccccc4c4cc(-c5ccc6c(c5)c5ccccc5n6-c5ccccc5)ccc43)c2-n2c3ccccc3c3ccccc32)c1. The summed E-state index contributed by atoms with van der Waals surface area (Å²) in [4.78, 5) is 0. The zero-order valence-corrected chi connectivity index (χ0v) is 57.1. The molecule has 0 spiro atoms. The fraction of sp³-hybridized carbons (Fsp3) is 0. The Morgan fingerprint density at radius 3 is 0.708 bits per heavy atom. The van der Waals surface area contributed by atoms with Gasteiger partial charge in [-0.2, -0.15) is 10.5 Å². The summed E-state index contributed by atoms with van der Waals surface area (Å²) in [5.41, 5.74) is 25.2. The third-order valence-electron chi connectivity index (χ3n) is 22.2. The third-order valence-corrected chi connectivity index (χ3v) is 22.2. The number of hydrogen-bond donors (Lipinski definition) is 0. The molecular formula is C98H58N8. The highest BCUT2D eigenvalue weighted by atomic mass is 15.1. The van der Waals surface area contributed by atoms with Gasteiger partial charge in [-0.25, -0.2) is 0 Å². The Kier molecular flexibility index (Phi) is 12.8. The molecule has 6 heterocycles. The molecule has 0 unspecified atom stereocenters. The third kappa shape index (κ3) is 8.55. The van der Waals surface area contributed by atoms with Crippen molar-refractivity contribution in [3.8, 4) is 79.6 Å². The Bertz CT molecular complexity index is 7050. The molecule has 22 rings (SSSR count). The van der Waals surface area contributed by atoms with Crippen LogP contribution in [0.5, 0.6) is 0 Å². The van der Waals surface area contributed by atoms with Crippen LogP contribution in [0.3, 0.4) is 0 Å². The second kappa shape index (κ2) is 22.9. The number of fused-ring (bicyclic) bond motifs is 18. The number of hydrogen-bond acceptors (Lipinski definition) is 2.